The van der Waals surface area contributed by atoms with E-state index < -0.39 is 17.8 Å². The van der Waals surface area contributed by atoms with Gasteiger partial charge in [0.1, 0.15) is 5.57 Å². The van der Waals surface area contributed by atoms with E-state index in [1.54, 1.807) is 6.07 Å². The fourth-order valence-electron chi connectivity index (χ4n) is 4.14. The minimum absolute atomic E-state index is 0.0175. The number of amides is 2. The highest BCUT2D eigenvalue weighted by atomic mass is 35.5. The first-order chi connectivity index (χ1) is 16.5. The number of nitrogens with one attached hydrogen (secondary N) is 1. The molecule has 35 heavy (non-hydrogen) atoms. The van der Waals surface area contributed by atoms with Gasteiger partial charge in [0, 0.05) is 17.1 Å². The Morgan fingerprint density at radius 3 is 2.46 bits per heavy atom. The number of carboxylic acids is 1. The van der Waals surface area contributed by atoms with Gasteiger partial charge in [-0.05, 0) is 93.0 Å². The quantitative estimate of drug-likeness (QED) is 0.298. The molecule has 0 radical (unpaired) electrons. The Balaban J connectivity index is 1.80. The summed E-state index contributed by atoms with van der Waals surface area (Å²) in [4.78, 5) is 39.1. The molecule has 1 saturated heterocycles. The molecule has 1 aliphatic heterocycles. The van der Waals surface area contributed by atoms with Crippen LogP contribution in [0.4, 0.5) is 5.69 Å². The predicted molar refractivity (Wildman–Crippen MR) is 139 cm³/mol. The van der Waals surface area contributed by atoms with Crippen molar-refractivity contribution in [1.82, 2.24) is 9.88 Å². The van der Waals surface area contributed by atoms with Crippen molar-refractivity contribution in [2.75, 3.05) is 4.90 Å². The fraction of sp³-hybridized carbons (Fsp3) is 0.154. The van der Waals surface area contributed by atoms with Crippen molar-refractivity contribution in [3.05, 3.63) is 86.7 Å². The summed E-state index contributed by atoms with van der Waals surface area (Å²) in [5.74, 6) is -2.23. The lowest BCUT2D eigenvalue weighted by Crippen LogP contribution is -2.54. The first-order valence-corrected chi connectivity index (χ1v) is 11.5. The molecule has 9 heteroatoms. The van der Waals surface area contributed by atoms with Crippen LogP contribution < -0.4 is 10.2 Å². The number of rotatable bonds is 4. The number of hydrogen-bond acceptors (Lipinski definition) is 4. The number of nitrogens with zero attached hydrogens (tertiary/aromatic N) is 2. The summed E-state index contributed by atoms with van der Waals surface area (Å²) >= 11 is 11.3. The average molecular weight is 508 g/mol. The molecule has 7 nitrogen and oxygen atoms in total. The van der Waals surface area contributed by atoms with Crippen molar-refractivity contribution in [1.29, 1.82) is 0 Å². The summed E-state index contributed by atoms with van der Waals surface area (Å²) in [6, 6.07) is 12.2. The third-order valence-corrected chi connectivity index (χ3v) is 6.53. The van der Waals surface area contributed by atoms with Gasteiger partial charge in [0.2, 0.25) is 0 Å². The lowest BCUT2D eigenvalue weighted by atomic mass is 10.0. The second kappa shape index (κ2) is 9.13. The molecular weight excluding hydrogens is 486 g/mol. The molecule has 0 spiro atoms. The van der Waals surface area contributed by atoms with Crippen molar-refractivity contribution in [2.24, 2.45) is 0 Å². The molecule has 1 fully saturated rings. The summed E-state index contributed by atoms with van der Waals surface area (Å²) in [7, 11) is 0. The predicted octanol–water partition coefficient (Wildman–Crippen LogP) is 4.89. The molecule has 0 unspecified atom stereocenters. The largest absolute Gasteiger partial charge is 0.478 e. The number of carbonyl (C=O) groups excluding carboxylic acids is 2. The summed E-state index contributed by atoms with van der Waals surface area (Å²) in [6.45, 7) is 7.46. The summed E-state index contributed by atoms with van der Waals surface area (Å²) in [5.41, 5.74) is 5.09. The van der Waals surface area contributed by atoms with Gasteiger partial charge in [-0.3, -0.25) is 19.8 Å². The van der Waals surface area contributed by atoms with Gasteiger partial charge in [0.05, 0.1) is 16.3 Å². The van der Waals surface area contributed by atoms with E-state index in [4.69, 9.17) is 23.8 Å². The number of aryl methyl sites for hydroxylation is 3. The van der Waals surface area contributed by atoms with Crippen molar-refractivity contribution in [2.45, 2.75) is 27.7 Å². The van der Waals surface area contributed by atoms with Gasteiger partial charge in [-0.1, -0.05) is 23.7 Å². The SMILES string of the molecule is Cc1ccc(C)c(N2C(=O)/C(=C/c3cc(C)n(-c4ccc(Cl)c(C(=O)O)c4)c3C)C(=O)NC2=S)c1. The zero-order valence-electron chi connectivity index (χ0n) is 19.5. The van der Waals surface area contributed by atoms with Gasteiger partial charge in [-0.25, -0.2) is 4.79 Å². The Morgan fingerprint density at radius 1 is 1.06 bits per heavy atom. The zero-order valence-corrected chi connectivity index (χ0v) is 21.0. The highest BCUT2D eigenvalue weighted by Crippen LogP contribution is 2.29. The second-order valence-corrected chi connectivity index (χ2v) is 9.17. The second-order valence-electron chi connectivity index (χ2n) is 8.38. The number of anilines is 1. The van der Waals surface area contributed by atoms with E-state index in [1.165, 1.54) is 23.1 Å². The van der Waals surface area contributed by atoms with E-state index >= 15 is 0 Å². The smallest absolute Gasteiger partial charge is 0.337 e. The molecule has 1 aromatic heterocycles. The Morgan fingerprint density at radius 2 is 1.77 bits per heavy atom. The monoisotopic (exact) mass is 507 g/mol. The van der Waals surface area contributed by atoms with Gasteiger partial charge in [-0.15, -0.1) is 0 Å². The molecule has 0 saturated carbocycles. The molecule has 0 aliphatic carbocycles. The van der Waals surface area contributed by atoms with Crippen LogP contribution in [0.3, 0.4) is 0 Å². The molecule has 0 atom stereocenters. The maximum atomic E-state index is 13.5. The van der Waals surface area contributed by atoms with Crippen LogP contribution >= 0.6 is 23.8 Å². The normalized spacial score (nSPS) is 15.1. The number of thiocarbonyl (C=S) groups is 1. The van der Waals surface area contributed by atoms with Crippen LogP contribution in [0.5, 0.6) is 0 Å². The molecule has 1 aliphatic rings. The topological polar surface area (TPSA) is 91.6 Å². The first kappa shape index (κ1) is 24.4. The van der Waals surface area contributed by atoms with Crippen molar-refractivity contribution < 1.29 is 19.5 Å². The number of carboxylic acid groups (broad SMARTS) is 1. The van der Waals surface area contributed by atoms with Gasteiger partial charge in [0.25, 0.3) is 11.8 Å². The minimum Gasteiger partial charge on any atom is -0.478 e. The zero-order chi connectivity index (χ0) is 25.6. The third-order valence-electron chi connectivity index (χ3n) is 5.92. The van der Waals surface area contributed by atoms with Gasteiger partial charge in [0.15, 0.2) is 5.11 Å². The first-order valence-electron chi connectivity index (χ1n) is 10.7. The molecule has 4 rings (SSSR count). The molecule has 2 amide bonds. The van der Waals surface area contributed by atoms with Gasteiger partial charge >= 0.3 is 5.97 Å². The van der Waals surface area contributed by atoms with E-state index in [9.17, 15) is 19.5 Å². The highest BCUT2D eigenvalue weighted by molar-refractivity contribution is 7.80. The van der Waals surface area contributed by atoms with Crippen LogP contribution in [0, 0.1) is 27.7 Å². The van der Waals surface area contributed by atoms with Crippen LogP contribution in [0.15, 0.2) is 48.0 Å². The van der Waals surface area contributed by atoms with E-state index in [2.05, 4.69) is 5.32 Å². The maximum Gasteiger partial charge on any atom is 0.337 e. The van der Waals surface area contributed by atoms with Gasteiger partial charge in [-0.2, -0.15) is 0 Å². The van der Waals surface area contributed by atoms with Crippen LogP contribution in [0.2, 0.25) is 5.02 Å². The Bertz CT molecular complexity index is 1470. The van der Waals surface area contributed by atoms with E-state index in [0.717, 1.165) is 22.5 Å². The third kappa shape index (κ3) is 4.38. The van der Waals surface area contributed by atoms with Gasteiger partial charge < -0.3 is 9.67 Å². The maximum absolute atomic E-state index is 13.5. The number of carbonyl (C=O) groups is 3. The van der Waals surface area contributed by atoms with Crippen molar-refractivity contribution >= 4 is 58.5 Å². The highest BCUT2D eigenvalue weighted by Gasteiger charge is 2.35. The molecule has 2 heterocycles. The Kier molecular flexibility index (Phi) is 6.36. The Labute approximate surface area is 212 Å². The average Bonchev–Trinajstić information content (AvgIpc) is 3.06. The van der Waals surface area contributed by atoms with Crippen molar-refractivity contribution in [3.63, 3.8) is 0 Å². The van der Waals surface area contributed by atoms with E-state index in [0.29, 0.717) is 16.9 Å². The number of halogens is 1. The summed E-state index contributed by atoms with van der Waals surface area (Å²) in [5, 5.41) is 12.2. The number of benzene rings is 2. The number of aromatic nitrogens is 1. The van der Waals surface area contributed by atoms with Crippen LogP contribution in [0.1, 0.15) is 38.4 Å². The van der Waals surface area contributed by atoms with E-state index in [1.807, 2.05) is 56.5 Å². The fourth-order valence-corrected chi connectivity index (χ4v) is 4.61. The molecule has 0 bridgehead atoms. The standard InChI is InChI=1S/C26H22ClN3O4S/c1-13-5-6-14(2)22(9-13)30-24(32)20(23(31)28-26(30)35)11-17-10-15(3)29(16(17)4)18-7-8-21(27)19(12-18)25(33)34/h5-12H,1-4H3,(H,33,34)(H,28,31,35)/b20-11+. The lowest BCUT2D eigenvalue weighted by Gasteiger charge is -2.30. The lowest BCUT2D eigenvalue weighted by molar-refractivity contribution is -0.122. The van der Waals surface area contributed by atoms with Crippen LogP contribution in [0.25, 0.3) is 11.8 Å². The molecule has 2 aromatic carbocycles. The number of aromatic carboxylic acids is 1. The number of hydrogen-bond donors (Lipinski definition) is 2. The van der Waals surface area contributed by atoms with E-state index in [-0.39, 0.29) is 21.3 Å². The molecule has 3 aromatic rings. The van der Waals surface area contributed by atoms with Crippen molar-refractivity contribution in [3.8, 4) is 5.69 Å². The van der Waals surface area contributed by atoms with Crippen LogP contribution in [-0.2, 0) is 9.59 Å². The van der Waals surface area contributed by atoms with Crippen LogP contribution in [-0.4, -0.2) is 32.6 Å². The molecule has 178 valence electrons. The molecular formula is C26H22ClN3O4S. The summed E-state index contributed by atoms with van der Waals surface area (Å²) in [6.07, 6.45) is 1.53. The Hall–Kier alpha value is -3.75. The summed E-state index contributed by atoms with van der Waals surface area (Å²) < 4.78 is 1.84. The molecule has 2 N–H and O–H groups in total. The minimum atomic E-state index is -1.13.